The van der Waals surface area contributed by atoms with Crippen molar-refractivity contribution in [1.29, 1.82) is 0 Å². The van der Waals surface area contributed by atoms with E-state index in [1.165, 1.54) is 29.9 Å². The third-order valence-electron chi connectivity index (χ3n) is 7.82. The van der Waals surface area contributed by atoms with E-state index in [-0.39, 0.29) is 41.1 Å². The molecule has 2 saturated heterocycles. The van der Waals surface area contributed by atoms with Gasteiger partial charge in [-0.1, -0.05) is 6.07 Å². The molecule has 0 aliphatic carbocycles. The van der Waals surface area contributed by atoms with Crippen molar-refractivity contribution in [2.24, 2.45) is 0 Å². The lowest BCUT2D eigenvalue weighted by atomic mass is 9.85. The van der Waals surface area contributed by atoms with Gasteiger partial charge in [-0.3, -0.25) is 19.7 Å². The Morgan fingerprint density at radius 2 is 1.88 bits per heavy atom. The zero-order chi connectivity index (χ0) is 28.3. The molecule has 0 saturated carbocycles. The molecular formula is C26H25F3N8O3. The Morgan fingerprint density at radius 3 is 2.45 bits per heavy atom. The van der Waals surface area contributed by atoms with Crippen LogP contribution in [0.25, 0.3) is 16.8 Å². The quantitative estimate of drug-likeness (QED) is 0.317. The first-order chi connectivity index (χ1) is 19.0. The van der Waals surface area contributed by atoms with Crippen LogP contribution in [0.3, 0.4) is 0 Å². The average molecular weight is 555 g/mol. The van der Waals surface area contributed by atoms with Gasteiger partial charge >= 0.3 is 6.18 Å². The number of nitrogen functional groups attached to an aromatic ring is 1. The van der Waals surface area contributed by atoms with E-state index < -0.39 is 18.0 Å². The molecule has 6 rings (SSSR count). The number of aromatic amines is 1. The molecule has 14 heteroatoms. The highest BCUT2D eigenvalue weighted by Crippen LogP contribution is 2.45. The molecule has 208 valence electrons. The van der Waals surface area contributed by atoms with Crippen molar-refractivity contribution in [2.45, 2.75) is 62.9 Å². The minimum absolute atomic E-state index is 0.0480. The van der Waals surface area contributed by atoms with Crippen LogP contribution in [0.2, 0.25) is 0 Å². The maximum absolute atomic E-state index is 13.1. The number of rotatable bonds is 5. The van der Waals surface area contributed by atoms with Gasteiger partial charge in [0.1, 0.15) is 11.5 Å². The summed E-state index contributed by atoms with van der Waals surface area (Å²) in [4.78, 5) is 36.4. The van der Waals surface area contributed by atoms with Gasteiger partial charge in [-0.05, 0) is 44.7 Å². The molecule has 4 atom stereocenters. The van der Waals surface area contributed by atoms with Crippen molar-refractivity contribution < 1.29 is 27.9 Å². The maximum atomic E-state index is 13.1. The zero-order valence-electron chi connectivity index (χ0n) is 21.3. The Hall–Kier alpha value is -4.33. The number of anilines is 1. The summed E-state index contributed by atoms with van der Waals surface area (Å²) in [6, 6.07) is 4.03. The summed E-state index contributed by atoms with van der Waals surface area (Å²) < 4.78 is 40.0. The molecule has 0 spiro atoms. The van der Waals surface area contributed by atoms with E-state index in [9.17, 15) is 27.9 Å². The molecular weight excluding hydrogens is 529 g/mol. The molecule has 2 aliphatic heterocycles. The summed E-state index contributed by atoms with van der Waals surface area (Å²) in [5, 5.41) is 20.5. The van der Waals surface area contributed by atoms with Crippen LogP contribution in [0.1, 0.15) is 76.9 Å². The predicted octanol–water partition coefficient (Wildman–Crippen LogP) is 3.45. The first kappa shape index (κ1) is 25.9. The third kappa shape index (κ3) is 4.18. The Labute approximate surface area is 225 Å². The number of aliphatic hydroxyl groups is 1. The summed E-state index contributed by atoms with van der Waals surface area (Å²) in [7, 11) is 0. The van der Waals surface area contributed by atoms with Crippen LogP contribution in [0.4, 0.5) is 19.0 Å². The van der Waals surface area contributed by atoms with Crippen molar-refractivity contribution in [1.82, 2.24) is 34.7 Å². The van der Waals surface area contributed by atoms with Crippen LogP contribution in [-0.2, 0) is 0 Å². The highest BCUT2D eigenvalue weighted by molar-refractivity contribution is 6.00. The molecule has 11 nitrogen and oxygen atoms in total. The number of carbonyl (C=O) groups excluding carboxylic acids is 2. The number of nitrogens with one attached hydrogen (secondary N) is 1. The van der Waals surface area contributed by atoms with Crippen molar-refractivity contribution in [2.75, 3.05) is 5.73 Å². The number of Topliss-reactive ketones (excluding diaryl/α,β-unsaturated/α-hetero) is 1. The number of fused-ring (bicyclic) bond motifs is 3. The molecule has 2 bridgehead atoms. The molecule has 2 aliphatic rings. The smallest absolute Gasteiger partial charge is 0.383 e. The summed E-state index contributed by atoms with van der Waals surface area (Å²) in [6.07, 6.45) is -0.456. The molecule has 2 fully saturated rings. The number of halogens is 3. The van der Waals surface area contributed by atoms with Gasteiger partial charge in [-0.25, -0.2) is 4.98 Å². The second kappa shape index (κ2) is 9.40. The Morgan fingerprint density at radius 1 is 1.15 bits per heavy atom. The number of ketones is 1. The minimum atomic E-state index is -4.84. The third-order valence-corrected chi connectivity index (χ3v) is 7.82. The summed E-state index contributed by atoms with van der Waals surface area (Å²) in [5.41, 5.74) is 8.24. The number of hydrogen-bond donors (Lipinski definition) is 3. The van der Waals surface area contributed by atoms with Gasteiger partial charge in [-0.2, -0.15) is 27.9 Å². The van der Waals surface area contributed by atoms with Crippen LogP contribution in [-0.4, -0.2) is 69.7 Å². The molecule has 0 radical (unpaired) electrons. The molecule has 0 aromatic carbocycles. The van der Waals surface area contributed by atoms with E-state index in [1.807, 2.05) is 4.90 Å². The summed E-state index contributed by atoms with van der Waals surface area (Å²) >= 11 is 0. The monoisotopic (exact) mass is 554 g/mol. The lowest BCUT2D eigenvalue weighted by Crippen LogP contribution is -2.46. The highest BCUT2D eigenvalue weighted by Gasteiger charge is 2.45. The van der Waals surface area contributed by atoms with Crippen LogP contribution in [0.5, 0.6) is 0 Å². The highest BCUT2D eigenvalue weighted by atomic mass is 19.4. The topological polar surface area (TPSA) is 155 Å². The van der Waals surface area contributed by atoms with Gasteiger partial charge in [0.15, 0.2) is 17.5 Å². The van der Waals surface area contributed by atoms with Gasteiger partial charge < -0.3 is 15.7 Å². The zero-order valence-corrected chi connectivity index (χ0v) is 21.3. The van der Waals surface area contributed by atoms with Gasteiger partial charge in [0, 0.05) is 41.5 Å². The van der Waals surface area contributed by atoms with E-state index >= 15 is 0 Å². The van der Waals surface area contributed by atoms with Crippen LogP contribution < -0.4 is 5.73 Å². The van der Waals surface area contributed by atoms with Crippen molar-refractivity contribution in [3.05, 3.63) is 59.4 Å². The summed E-state index contributed by atoms with van der Waals surface area (Å²) in [6.45, 7) is 1.41. The second-order valence-electron chi connectivity index (χ2n) is 10.2. The minimum Gasteiger partial charge on any atom is -0.383 e. The lowest BCUT2D eigenvalue weighted by molar-refractivity contribution is -0.207. The van der Waals surface area contributed by atoms with Crippen LogP contribution in [0.15, 0.2) is 36.8 Å². The van der Waals surface area contributed by atoms with Crippen molar-refractivity contribution >= 4 is 23.2 Å². The Kier molecular flexibility index (Phi) is 6.09. The number of nitrogens with zero attached hydrogens (tertiary/aromatic N) is 6. The van der Waals surface area contributed by atoms with E-state index in [2.05, 4.69) is 20.3 Å². The van der Waals surface area contributed by atoms with Gasteiger partial charge in [0.25, 0.3) is 5.91 Å². The fraction of sp³-hybridized carbons (Fsp3) is 0.385. The fourth-order valence-electron chi connectivity index (χ4n) is 6.03. The number of amides is 1. The first-order valence-electron chi connectivity index (χ1n) is 12.8. The second-order valence-corrected chi connectivity index (χ2v) is 10.2. The first-order valence-corrected chi connectivity index (χ1v) is 12.8. The molecule has 1 unspecified atom stereocenters. The average Bonchev–Trinajstić information content (AvgIpc) is 3.65. The van der Waals surface area contributed by atoms with E-state index in [0.29, 0.717) is 41.0 Å². The van der Waals surface area contributed by atoms with E-state index in [1.54, 1.807) is 12.3 Å². The molecule has 4 aromatic rings. The van der Waals surface area contributed by atoms with E-state index in [4.69, 9.17) is 10.7 Å². The molecule has 4 N–H and O–H groups in total. The number of aliphatic hydroxyl groups excluding tert-OH is 1. The van der Waals surface area contributed by atoms with Gasteiger partial charge in [-0.15, -0.1) is 0 Å². The lowest BCUT2D eigenvalue weighted by Gasteiger charge is -2.39. The van der Waals surface area contributed by atoms with Gasteiger partial charge in [0.2, 0.25) is 0 Å². The van der Waals surface area contributed by atoms with Crippen molar-refractivity contribution in [3.8, 4) is 11.1 Å². The Bertz CT molecular complexity index is 1590. The number of alkyl halides is 3. The molecule has 6 heterocycles. The number of pyridine rings is 1. The number of aromatic nitrogens is 6. The number of nitrogens with two attached hydrogens (primary N) is 1. The van der Waals surface area contributed by atoms with Crippen LogP contribution in [0, 0.1) is 0 Å². The number of piperidine rings is 1. The molecule has 4 aromatic heterocycles. The molecule has 40 heavy (non-hydrogen) atoms. The maximum Gasteiger partial charge on any atom is 0.420 e. The van der Waals surface area contributed by atoms with E-state index in [0.717, 1.165) is 18.9 Å². The normalized spacial score (nSPS) is 21.6. The number of carbonyl (C=O) groups is 2. The van der Waals surface area contributed by atoms with Crippen LogP contribution >= 0.6 is 0 Å². The largest absolute Gasteiger partial charge is 0.420 e. The SMILES string of the molecule is CC(=O)c1c([C@H]2C[C@H]3CC[C@@H](C2)N3C(=O)c2cc[nH]n2)nc2c(-c3ccc(C(O)C(F)(F)F)nc3)cnn2c1N. The standard InChI is InChI=1S/C26H25F3N8O3/c1-12(38)20-21(14-8-15-3-4-16(9-14)36(15)25(40)19-6-7-32-35-19)34-24-17(11-33-37(24)23(20)30)13-2-5-18(31-10-13)22(39)26(27,28)29/h2,5-7,10-11,14-16,22,39H,3-4,8-9,30H2,1H3,(H,32,35)/t14-,15+,16-,22?. The molecule has 1 amide bonds. The fourth-order valence-corrected chi connectivity index (χ4v) is 6.03. The predicted molar refractivity (Wildman–Crippen MR) is 135 cm³/mol. The Balaban J connectivity index is 1.37. The number of H-pyrrole nitrogens is 1. The summed E-state index contributed by atoms with van der Waals surface area (Å²) in [5.74, 6) is -0.449. The van der Waals surface area contributed by atoms with Gasteiger partial charge in [0.05, 0.1) is 23.1 Å². The van der Waals surface area contributed by atoms with Crippen molar-refractivity contribution in [3.63, 3.8) is 0 Å². The number of hydrogen-bond acceptors (Lipinski definition) is 8.